The SMILES string of the molecule is CC=C(C)C(=O)OC1CCN2CC=C(COC(=O)C(O)(C(C)O)C(C)(C)O)C12. The molecule has 0 spiro atoms. The Morgan fingerprint density at radius 1 is 1.39 bits per heavy atom. The Kier molecular flexibility index (Phi) is 6.70. The van der Waals surface area contributed by atoms with E-state index < -0.39 is 23.3 Å². The standard InChI is InChI=1S/C20H31NO7/c1-6-12(2)17(23)28-15-8-10-21-9-7-14(16(15)21)11-27-18(24)20(26,13(3)22)19(4,5)25/h6-7,13,15-16,22,25-26H,8-11H2,1-5H3. The number of esters is 2. The molecule has 0 bridgehead atoms. The molecular formula is C20H31NO7. The predicted molar refractivity (Wildman–Crippen MR) is 101 cm³/mol. The summed E-state index contributed by atoms with van der Waals surface area (Å²) >= 11 is 0. The summed E-state index contributed by atoms with van der Waals surface area (Å²) in [5.41, 5.74) is -3.06. The highest BCUT2D eigenvalue weighted by Crippen LogP contribution is 2.33. The third-order valence-electron chi connectivity index (χ3n) is 5.65. The van der Waals surface area contributed by atoms with Crippen LogP contribution in [0.25, 0.3) is 0 Å². The Morgan fingerprint density at radius 2 is 2.04 bits per heavy atom. The Hall–Kier alpha value is -1.74. The Balaban J connectivity index is 2.06. The largest absolute Gasteiger partial charge is 0.459 e. The van der Waals surface area contributed by atoms with E-state index in [1.165, 1.54) is 20.8 Å². The van der Waals surface area contributed by atoms with E-state index in [2.05, 4.69) is 4.90 Å². The molecule has 158 valence electrons. The van der Waals surface area contributed by atoms with Crippen molar-refractivity contribution in [2.24, 2.45) is 0 Å². The van der Waals surface area contributed by atoms with Crippen LogP contribution in [0.1, 0.15) is 41.0 Å². The minimum atomic E-state index is -2.46. The average Bonchev–Trinajstić information content (AvgIpc) is 3.20. The second kappa shape index (κ2) is 8.32. The summed E-state index contributed by atoms with van der Waals surface area (Å²) in [6.45, 7) is 8.42. The first-order valence-corrected chi connectivity index (χ1v) is 9.50. The molecule has 1 fully saturated rings. The third kappa shape index (κ3) is 4.15. The minimum absolute atomic E-state index is 0.123. The molecular weight excluding hydrogens is 366 g/mol. The fourth-order valence-corrected chi connectivity index (χ4v) is 3.66. The van der Waals surface area contributed by atoms with Crippen molar-refractivity contribution < 1.29 is 34.4 Å². The number of aliphatic hydroxyl groups is 3. The highest BCUT2D eigenvalue weighted by Gasteiger charge is 2.54. The van der Waals surface area contributed by atoms with Crippen molar-refractivity contribution in [1.29, 1.82) is 0 Å². The number of allylic oxidation sites excluding steroid dienone is 1. The topological polar surface area (TPSA) is 117 Å². The van der Waals surface area contributed by atoms with Gasteiger partial charge in [0.15, 0.2) is 0 Å². The van der Waals surface area contributed by atoms with E-state index >= 15 is 0 Å². The van der Waals surface area contributed by atoms with Crippen molar-refractivity contribution in [2.45, 2.75) is 70.5 Å². The van der Waals surface area contributed by atoms with Crippen molar-refractivity contribution in [3.05, 3.63) is 23.3 Å². The number of aliphatic hydroxyl groups excluding tert-OH is 1. The van der Waals surface area contributed by atoms with Gasteiger partial charge in [0.05, 0.1) is 12.1 Å². The number of rotatable bonds is 7. The van der Waals surface area contributed by atoms with Gasteiger partial charge in [-0.25, -0.2) is 9.59 Å². The van der Waals surface area contributed by atoms with Crippen molar-refractivity contribution in [3.8, 4) is 0 Å². The van der Waals surface area contributed by atoms with Gasteiger partial charge in [-0.2, -0.15) is 0 Å². The number of ether oxygens (including phenoxy) is 2. The maximum absolute atomic E-state index is 12.5. The van der Waals surface area contributed by atoms with E-state index in [4.69, 9.17) is 9.47 Å². The number of carbonyl (C=O) groups excluding carboxylic acids is 2. The maximum atomic E-state index is 12.5. The Bertz CT molecular complexity index is 677. The van der Waals surface area contributed by atoms with Crippen LogP contribution in [0.3, 0.4) is 0 Å². The Morgan fingerprint density at radius 3 is 2.57 bits per heavy atom. The van der Waals surface area contributed by atoms with E-state index in [-0.39, 0.29) is 24.7 Å². The molecule has 3 N–H and O–H groups in total. The first kappa shape index (κ1) is 22.5. The number of carbonyl (C=O) groups is 2. The molecule has 0 aromatic heterocycles. The zero-order valence-electron chi connectivity index (χ0n) is 17.1. The molecule has 0 saturated carbocycles. The molecule has 0 aliphatic carbocycles. The van der Waals surface area contributed by atoms with Gasteiger partial charge in [0, 0.05) is 18.7 Å². The van der Waals surface area contributed by atoms with Gasteiger partial charge in [-0.05, 0) is 46.6 Å². The molecule has 8 nitrogen and oxygen atoms in total. The highest BCUT2D eigenvalue weighted by atomic mass is 16.6. The van der Waals surface area contributed by atoms with E-state index in [0.29, 0.717) is 18.5 Å². The van der Waals surface area contributed by atoms with Crippen LogP contribution >= 0.6 is 0 Å². The summed E-state index contributed by atoms with van der Waals surface area (Å²) in [4.78, 5) is 26.7. The Labute approximate surface area is 165 Å². The zero-order valence-corrected chi connectivity index (χ0v) is 17.1. The zero-order chi connectivity index (χ0) is 21.3. The van der Waals surface area contributed by atoms with Crippen LogP contribution in [0.4, 0.5) is 0 Å². The van der Waals surface area contributed by atoms with Crippen LogP contribution in [0, 0.1) is 0 Å². The molecule has 0 amide bonds. The monoisotopic (exact) mass is 397 g/mol. The van der Waals surface area contributed by atoms with E-state index in [1.807, 2.05) is 6.08 Å². The fraction of sp³-hybridized carbons (Fsp3) is 0.700. The second-order valence-corrected chi connectivity index (χ2v) is 8.00. The first-order valence-electron chi connectivity index (χ1n) is 9.50. The summed E-state index contributed by atoms with van der Waals surface area (Å²) in [7, 11) is 0. The third-order valence-corrected chi connectivity index (χ3v) is 5.65. The lowest BCUT2D eigenvalue weighted by Crippen LogP contribution is -2.63. The highest BCUT2D eigenvalue weighted by molar-refractivity contribution is 5.87. The van der Waals surface area contributed by atoms with Crippen LogP contribution in [0.5, 0.6) is 0 Å². The maximum Gasteiger partial charge on any atom is 0.344 e. The summed E-state index contributed by atoms with van der Waals surface area (Å²) in [6, 6.07) is -0.191. The number of nitrogens with zero attached hydrogens (tertiary/aromatic N) is 1. The molecule has 2 rings (SSSR count). The molecule has 0 aromatic carbocycles. The molecule has 4 atom stereocenters. The average molecular weight is 397 g/mol. The van der Waals surface area contributed by atoms with Gasteiger partial charge in [0.25, 0.3) is 0 Å². The molecule has 8 heteroatoms. The smallest absolute Gasteiger partial charge is 0.344 e. The normalized spacial score (nSPS) is 26.3. The van der Waals surface area contributed by atoms with Gasteiger partial charge in [-0.15, -0.1) is 0 Å². The van der Waals surface area contributed by atoms with Gasteiger partial charge in [-0.1, -0.05) is 12.2 Å². The summed E-state index contributed by atoms with van der Waals surface area (Å²) in [5, 5.41) is 30.5. The van der Waals surface area contributed by atoms with Crippen molar-refractivity contribution >= 4 is 11.9 Å². The fourth-order valence-electron chi connectivity index (χ4n) is 3.66. The van der Waals surface area contributed by atoms with Gasteiger partial charge < -0.3 is 24.8 Å². The van der Waals surface area contributed by atoms with Crippen LogP contribution < -0.4 is 0 Å². The van der Waals surface area contributed by atoms with E-state index in [9.17, 15) is 24.9 Å². The lowest BCUT2D eigenvalue weighted by molar-refractivity contribution is -0.213. The minimum Gasteiger partial charge on any atom is -0.459 e. The quantitative estimate of drug-likeness (QED) is 0.319. The number of fused-ring (bicyclic) bond motifs is 1. The molecule has 2 heterocycles. The molecule has 2 aliphatic heterocycles. The molecule has 2 aliphatic rings. The van der Waals surface area contributed by atoms with E-state index in [1.54, 1.807) is 19.9 Å². The van der Waals surface area contributed by atoms with Crippen molar-refractivity contribution in [2.75, 3.05) is 19.7 Å². The van der Waals surface area contributed by atoms with Crippen LogP contribution in [0.15, 0.2) is 23.3 Å². The molecule has 0 radical (unpaired) electrons. The van der Waals surface area contributed by atoms with Gasteiger partial charge >= 0.3 is 11.9 Å². The van der Waals surface area contributed by atoms with Crippen molar-refractivity contribution in [3.63, 3.8) is 0 Å². The first-order chi connectivity index (χ1) is 12.9. The number of hydrogen-bond acceptors (Lipinski definition) is 8. The van der Waals surface area contributed by atoms with Crippen LogP contribution in [-0.2, 0) is 19.1 Å². The van der Waals surface area contributed by atoms with Gasteiger partial charge in [0.2, 0.25) is 5.60 Å². The molecule has 1 saturated heterocycles. The summed E-state index contributed by atoms with van der Waals surface area (Å²) in [5.74, 6) is -1.48. The van der Waals surface area contributed by atoms with Crippen molar-refractivity contribution in [1.82, 2.24) is 4.90 Å². The summed E-state index contributed by atoms with van der Waals surface area (Å²) in [6.07, 6.45) is 2.40. The van der Waals surface area contributed by atoms with Crippen LogP contribution in [-0.4, -0.2) is 81.3 Å². The predicted octanol–water partition coefficient (Wildman–Crippen LogP) is 0.305. The molecule has 4 unspecified atom stereocenters. The summed E-state index contributed by atoms with van der Waals surface area (Å²) < 4.78 is 10.9. The van der Waals surface area contributed by atoms with Crippen LogP contribution in [0.2, 0.25) is 0 Å². The molecule has 0 aromatic rings. The second-order valence-electron chi connectivity index (χ2n) is 8.00. The molecule has 28 heavy (non-hydrogen) atoms. The lowest BCUT2D eigenvalue weighted by Gasteiger charge is -2.38. The van der Waals surface area contributed by atoms with Gasteiger partial charge in [-0.3, -0.25) is 4.90 Å². The number of hydrogen-bond donors (Lipinski definition) is 3. The lowest BCUT2D eigenvalue weighted by atomic mass is 9.81. The van der Waals surface area contributed by atoms with Gasteiger partial charge in [0.1, 0.15) is 18.3 Å². The van der Waals surface area contributed by atoms with E-state index in [0.717, 1.165) is 12.1 Å².